The highest BCUT2D eigenvalue weighted by atomic mass is 32.1. The second-order valence-electron chi connectivity index (χ2n) is 7.17. The fourth-order valence-electron chi connectivity index (χ4n) is 2.38. The van der Waals surface area contributed by atoms with Crippen LogP contribution in [0.5, 0.6) is 0 Å². The molecule has 0 N–H and O–H groups in total. The van der Waals surface area contributed by atoms with Crippen molar-refractivity contribution < 1.29 is 0 Å². The third kappa shape index (κ3) is 16.1. The lowest BCUT2D eigenvalue weighted by Crippen LogP contribution is -1.76. The third-order valence-electron chi connectivity index (χ3n) is 4.23. The summed E-state index contributed by atoms with van der Waals surface area (Å²) in [4.78, 5) is 7.70. The number of aliphatic imine (C=N–C) groups is 2. The molecule has 4 heteroatoms. The van der Waals surface area contributed by atoms with Gasteiger partial charge < -0.3 is 0 Å². The summed E-state index contributed by atoms with van der Waals surface area (Å²) in [5.41, 5.74) is 6.10. The van der Waals surface area contributed by atoms with Crippen molar-refractivity contribution in [2.45, 2.75) is 20.8 Å². The minimum Gasteiger partial charge on any atom is -0.195 e. The number of benzene rings is 3. The second-order valence-corrected chi connectivity index (χ2v) is 7.54. The predicted molar refractivity (Wildman–Crippen MR) is 170 cm³/mol. The van der Waals surface area contributed by atoms with E-state index in [4.69, 9.17) is 6.42 Å². The van der Waals surface area contributed by atoms with Crippen molar-refractivity contribution in [2.24, 2.45) is 9.98 Å². The molecule has 0 aromatic heterocycles. The molecule has 184 valence electrons. The first-order valence-corrected chi connectivity index (χ1v) is 12.1. The van der Waals surface area contributed by atoms with Gasteiger partial charge in [-0.2, -0.15) is 9.98 Å². The van der Waals surface area contributed by atoms with Gasteiger partial charge in [-0.3, -0.25) is 0 Å². The molecule has 0 bridgehead atoms. The molecule has 0 unspecified atom stereocenters. The van der Waals surface area contributed by atoms with Crippen molar-refractivity contribution in [3.63, 3.8) is 0 Å². The molecule has 0 saturated heterocycles. The summed E-state index contributed by atoms with van der Waals surface area (Å²) in [6, 6.07) is 23.6. The number of terminal acetylenes is 1. The van der Waals surface area contributed by atoms with E-state index in [0.29, 0.717) is 0 Å². The lowest BCUT2D eigenvalue weighted by molar-refractivity contribution is 1.44. The van der Waals surface area contributed by atoms with Crippen LogP contribution in [0.2, 0.25) is 0 Å². The summed E-state index contributed by atoms with van der Waals surface area (Å²) in [6.45, 7) is 5.80. The third-order valence-corrected chi connectivity index (χ3v) is 4.41. The van der Waals surface area contributed by atoms with Crippen molar-refractivity contribution >= 4 is 46.1 Å². The Morgan fingerprint density at radius 2 is 0.897 bits per heavy atom. The van der Waals surface area contributed by atoms with Crippen LogP contribution in [0.25, 0.3) is 0 Å². The topological polar surface area (TPSA) is 24.7 Å². The van der Waals surface area contributed by atoms with Crippen LogP contribution >= 0.6 is 24.4 Å². The monoisotopic (exact) mass is 534 g/mol. The summed E-state index contributed by atoms with van der Waals surface area (Å²) >= 11 is 9.00. The Kier molecular flexibility index (Phi) is 16.9. The summed E-state index contributed by atoms with van der Waals surface area (Å²) in [5, 5.41) is 4.65. The molecule has 2 nitrogen and oxygen atoms in total. The molecule has 0 aliphatic carbocycles. The van der Waals surface area contributed by atoms with Gasteiger partial charge in [-0.15, -0.1) is 6.42 Å². The highest BCUT2D eigenvalue weighted by Gasteiger charge is 1.90. The van der Waals surface area contributed by atoms with E-state index in [0.717, 1.165) is 22.5 Å². The Balaban J connectivity index is 0.000000313. The summed E-state index contributed by atoms with van der Waals surface area (Å²) in [5.74, 6) is 28.2. The lowest BCUT2D eigenvalue weighted by Gasteiger charge is -1.93. The smallest absolute Gasteiger partial charge is 0.0740 e. The first-order valence-electron chi connectivity index (χ1n) is 11.3. The fourth-order valence-corrected chi connectivity index (χ4v) is 2.59. The van der Waals surface area contributed by atoms with E-state index in [-0.39, 0.29) is 0 Å². The van der Waals surface area contributed by atoms with Gasteiger partial charge in [0.05, 0.1) is 21.7 Å². The number of rotatable bonds is 2. The second kappa shape index (κ2) is 20.8. The summed E-state index contributed by atoms with van der Waals surface area (Å²) in [6.07, 6.45) is 4.84. The molecule has 0 aliphatic heterocycles. The summed E-state index contributed by atoms with van der Waals surface area (Å²) in [7, 11) is 0. The molecular formula is C35H22N2S2. The number of aryl methyl sites for hydroxylation is 2. The zero-order valence-corrected chi connectivity index (χ0v) is 23.3. The van der Waals surface area contributed by atoms with Crippen LogP contribution in [0.15, 0.2) is 82.8 Å². The molecular weight excluding hydrogens is 513 g/mol. The molecule has 39 heavy (non-hydrogen) atoms. The number of nitrogens with zero attached hydrogens (tertiary/aromatic N) is 2. The number of hydrogen-bond acceptors (Lipinski definition) is 4. The highest BCUT2D eigenvalue weighted by Crippen LogP contribution is 2.12. The van der Waals surface area contributed by atoms with E-state index in [1.165, 1.54) is 11.1 Å². The maximum Gasteiger partial charge on any atom is 0.0740 e. The van der Waals surface area contributed by atoms with Gasteiger partial charge in [0.15, 0.2) is 0 Å². The van der Waals surface area contributed by atoms with Crippen LogP contribution in [0.1, 0.15) is 29.2 Å². The SMILES string of the molecule is C#CC#CC#CC#CC#CC.Cc1ccc(C#Cc2ccc(N=C=S)cc2)cc1.Cc1ccc(N=C=S)cc1. The Morgan fingerprint density at radius 1 is 0.538 bits per heavy atom. The van der Waals surface area contributed by atoms with E-state index >= 15 is 0 Å². The van der Waals surface area contributed by atoms with Crippen LogP contribution < -0.4 is 0 Å². The first kappa shape index (κ1) is 31.6. The maximum absolute atomic E-state index is 4.84. The predicted octanol–water partition coefficient (Wildman–Crippen LogP) is 7.51. The van der Waals surface area contributed by atoms with E-state index < -0.39 is 0 Å². The quantitative estimate of drug-likeness (QED) is 0.193. The van der Waals surface area contributed by atoms with E-state index in [1.54, 1.807) is 6.92 Å². The molecule has 3 aromatic carbocycles. The highest BCUT2D eigenvalue weighted by molar-refractivity contribution is 7.78. The minimum atomic E-state index is 0.797. The first-order chi connectivity index (χ1) is 19.0. The van der Waals surface area contributed by atoms with Crippen molar-refractivity contribution in [1.82, 2.24) is 0 Å². The van der Waals surface area contributed by atoms with Crippen LogP contribution in [-0.2, 0) is 0 Å². The molecule has 0 saturated carbocycles. The van der Waals surface area contributed by atoms with Crippen LogP contribution in [0, 0.1) is 85.4 Å². The van der Waals surface area contributed by atoms with Gasteiger partial charge in [-0.05, 0) is 141 Å². The van der Waals surface area contributed by atoms with Gasteiger partial charge in [0.2, 0.25) is 0 Å². The molecule has 0 amide bonds. The Hall–Kier alpha value is -5.38. The standard InChI is InChI=1S/C16H11NS.C11H4.C8H7NS/c1-13-2-4-14(5-3-13)6-7-15-8-10-16(11-9-15)17-12-18;1-3-5-7-9-11-10-8-6-4-2;1-7-2-4-8(5-3-7)9-6-10/h2-5,8-11H,1H3;1H,2H3;2-5H,1H3. The normalized spacial score (nSPS) is 7.33. The zero-order valence-electron chi connectivity index (χ0n) is 21.7. The maximum atomic E-state index is 4.84. The fraction of sp³-hybridized carbons (Fsp3) is 0.0857. The van der Waals surface area contributed by atoms with E-state index in [9.17, 15) is 0 Å². The number of thiocarbonyl (C=S) groups is 2. The van der Waals surface area contributed by atoms with Crippen molar-refractivity contribution in [3.05, 3.63) is 95.1 Å². The largest absolute Gasteiger partial charge is 0.195 e. The summed E-state index contributed by atoms with van der Waals surface area (Å²) < 4.78 is 0. The van der Waals surface area contributed by atoms with Crippen molar-refractivity contribution in [2.75, 3.05) is 0 Å². The lowest BCUT2D eigenvalue weighted by atomic mass is 10.1. The minimum absolute atomic E-state index is 0.797. The average Bonchev–Trinajstić information content (AvgIpc) is 2.95. The number of hydrogen-bond donors (Lipinski definition) is 0. The van der Waals surface area contributed by atoms with E-state index in [1.807, 2.05) is 67.6 Å². The molecule has 0 heterocycles. The van der Waals surface area contributed by atoms with Crippen LogP contribution in [0.4, 0.5) is 11.4 Å². The van der Waals surface area contributed by atoms with Gasteiger partial charge >= 0.3 is 0 Å². The van der Waals surface area contributed by atoms with Crippen molar-refractivity contribution in [1.29, 1.82) is 0 Å². The molecule has 3 aromatic rings. The van der Waals surface area contributed by atoms with Gasteiger partial charge in [-0.1, -0.05) is 53.2 Å². The van der Waals surface area contributed by atoms with Gasteiger partial charge in [0, 0.05) is 11.1 Å². The Morgan fingerprint density at radius 3 is 1.31 bits per heavy atom. The molecule has 0 fully saturated rings. The van der Waals surface area contributed by atoms with Gasteiger partial charge in [-0.25, -0.2) is 0 Å². The van der Waals surface area contributed by atoms with Gasteiger partial charge in [0.1, 0.15) is 0 Å². The zero-order chi connectivity index (χ0) is 28.6. The molecule has 0 aliphatic rings. The molecule has 0 atom stereocenters. The molecule has 3 rings (SSSR count). The molecule has 0 spiro atoms. The van der Waals surface area contributed by atoms with Crippen molar-refractivity contribution in [3.8, 4) is 71.5 Å². The van der Waals surface area contributed by atoms with E-state index in [2.05, 4.69) is 129 Å². The molecule has 0 radical (unpaired) electrons. The van der Waals surface area contributed by atoms with Gasteiger partial charge in [0.25, 0.3) is 0 Å². The average molecular weight is 535 g/mol. The van der Waals surface area contributed by atoms with Crippen LogP contribution in [-0.4, -0.2) is 10.3 Å². The van der Waals surface area contributed by atoms with Crippen LogP contribution in [0.3, 0.4) is 0 Å². The Labute approximate surface area is 242 Å². The number of isothiocyanates is 2. The Bertz CT molecular complexity index is 1690.